The number of hydrogen-bond donors (Lipinski definition) is 3. The average Bonchev–Trinajstić information content (AvgIpc) is 3.88. The lowest BCUT2D eigenvalue weighted by atomic mass is 9.83. The summed E-state index contributed by atoms with van der Waals surface area (Å²) >= 11 is 2.76. The number of ether oxygens (including phenoxy) is 1. The highest BCUT2D eigenvalue weighted by Gasteiger charge is 2.32. The summed E-state index contributed by atoms with van der Waals surface area (Å²) in [5.74, 6) is -1.05. The predicted molar refractivity (Wildman–Crippen MR) is 221 cm³/mol. The Labute approximate surface area is 333 Å². The van der Waals surface area contributed by atoms with Crippen molar-refractivity contribution in [1.29, 1.82) is 0 Å². The number of rotatable bonds is 13. The summed E-state index contributed by atoms with van der Waals surface area (Å²) in [6.07, 6.45) is 5.31. The monoisotopic (exact) mass is 781 g/mol. The Kier molecular flexibility index (Phi) is 12.2. The molecule has 1 aliphatic carbocycles. The van der Waals surface area contributed by atoms with E-state index in [1.165, 1.54) is 41.0 Å². The van der Waals surface area contributed by atoms with E-state index in [0.29, 0.717) is 44.8 Å². The first kappa shape index (κ1) is 38.1. The van der Waals surface area contributed by atoms with Gasteiger partial charge in [-0.15, -0.1) is 23.1 Å². The number of amides is 3. The largest absolute Gasteiger partial charge is 0.465 e. The number of anilines is 2. The minimum absolute atomic E-state index is 0.0143. The number of benzene rings is 4. The van der Waals surface area contributed by atoms with Gasteiger partial charge in [0, 0.05) is 27.1 Å². The second-order valence-corrected chi connectivity index (χ2v) is 15.3. The molecule has 0 bridgehead atoms. The molecular formula is C45H39N3O6S2. The van der Waals surface area contributed by atoms with Crippen molar-refractivity contribution in [1.82, 2.24) is 5.32 Å². The predicted octanol–water partition coefficient (Wildman–Crippen LogP) is 9.67. The van der Waals surface area contributed by atoms with Crippen LogP contribution in [0.4, 0.5) is 10.7 Å². The summed E-state index contributed by atoms with van der Waals surface area (Å²) in [4.78, 5) is 56.3. The molecule has 0 fully saturated rings. The molecule has 2 aromatic heterocycles. The molecule has 3 N–H and O–H groups in total. The van der Waals surface area contributed by atoms with E-state index < -0.39 is 23.0 Å². The zero-order valence-corrected chi connectivity index (χ0v) is 32.2. The van der Waals surface area contributed by atoms with Gasteiger partial charge < -0.3 is 25.1 Å². The maximum atomic E-state index is 14.4. The maximum absolute atomic E-state index is 14.4. The molecule has 2 atom stereocenters. The molecule has 0 saturated heterocycles. The molecule has 6 aromatic rings. The number of carbonyl (C=O) groups excluding carboxylic acids is 4. The van der Waals surface area contributed by atoms with Crippen LogP contribution >= 0.6 is 23.1 Å². The van der Waals surface area contributed by atoms with Crippen LogP contribution < -0.4 is 16.0 Å². The SMILES string of the molecule is CCOC(=O)c1c(NC(=O)C(Sc2cccc(NC(=O)/C(=C/c3ccco3)NC(=O)c3ccccc3)c2)c2ccccc2)sc2c1CCC(c1ccccc1)C2. The minimum atomic E-state index is -0.715. The minimum Gasteiger partial charge on any atom is -0.465 e. The lowest BCUT2D eigenvalue weighted by molar-refractivity contribution is -0.116. The fourth-order valence-corrected chi connectivity index (χ4v) is 9.02. The molecule has 3 amide bonds. The second kappa shape index (κ2) is 18.0. The van der Waals surface area contributed by atoms with E-state index in [0.717, 1.165) is 28.8 Å². The molecule has 0 radical (unpaired) electrons. The first-order valence-electron chi connectivity index (χ1n) is 18.3. The van der Waals surface area contributed by atoms with Gasteiger partial charge in [-0.05, 0) is 91.3 Å². The van der Waals surface area contributed by atoms with E-state index in [1.807, 2.05) is 54.6 Å². The molecule has 0 aliphatic heterocycles. The van der Waals surface area contributed by atoms with Gasteiger partial charge >= 0.3 is 5.97 Å². The van der Waals surface area contributed by atoms with Crippen LogP contribution in [0, 0.1) is 0 Å². The summed E-state index contributed by atoms with van der Waals surface area (Å²) in [7, 11) is 0. The summed E-state index contributed by atoms with van der Waals surface area (Å²) in [5, 5.41) is 8.49. The Morgan fingerprint density at radius 2 is 1.61 bits per heavy atom. The van der Waals surface area contributed by atoms with Crippen LogP contribution in [0.1, 0.15) is 72.6 Å². The quantitative estimate of drug-likeness (QED) is 0.0605. The van der Waals surface area contributed by atoms with Crippen LogP contribution in [-0.4, -0.2) is 30.3 Å². The Hall–Kier alpha value is -6.17. The van der Waals surface area contributed by atoms with Crippen molar-refractivity contribution in [3.63, 3.8) is 0 Å². The summed E-state index contributed by atoms with van der Waals surface area (Å²) in [5.41, 5.74) is 4.24. The number of fused-ring (bicyclic) bond motifs is 1. The van der Waals surface area contributed by atoms with Gasteiger partial charge in [0.2, 0.25) is 5.91 Å². The van der Waals surface area contributed by atoms with Crippen molar-refractivity contribution in [2.24, 2.45) is 0 Å². The van der Waals surface area contributed by atoms with Crippen molar-refractivity contribution in [3.05, 3.63) is 178 Å². The van der Waals surface area contributed by atoms with E-state index in [1.54, 1.807) is 67.6 Å². The molecule has 0 saturated carbocycles. The fraction of sp³-hybridized carbons (Fsp3) is 0.156. The maximum Gasteiger partial charge on any atom is 0.341 e. The third-order valence-electron chi connectivity index (χ3n) is 9.30. The lowest BCUT2D eigenvalue weighted by Gasteiger charge is -2.23. The number of hydrogen-bond acceptors (Lipinski definition) is 8. The highest BCUT2D eigenvalue weighted by molar-refractivity contribution is 8.00. The van der Waals surface area contributed by atoms with Crippen LogP contribution in [-0.2, 0) is 27.2 Å². The molecule has 1 aliphatic rings. The molecule has 4 aromatic carbocycles. The van der Waals surface area contributed by atoms with E-state index in [2.05, 4.69) is 28.1 Å². The van der Waals surface area contributed by atoms with Crippen LogP contribution in [0.5, 0.6) is 0 Å². The van der Waals surface area contributed by atoms with Crippen molar-refractivity contribution in [3.8, 4) is 0 Å². The summed E-state index contributed by atoms with van der Waals surface area (Å²) in [6, 6.07) is 38.9. The van der Waals surface area contributed by atoms with E-state index in [4.69, 9.17) is 9.15 Å². The first-order chi connectivity index (χ1) is 27.4. The van der Waals surface area contributed by atoms with Crippen molar-refractivity contribution in [2.75, 3.05) is 17.2 Å². The number of furan rings is 1. The van der Waals surface area contributed by atoms with Crippen molar-refractivity contribution < 1.29 is 28.3 Å². The first-order valence-corrected chi connectivity index (χ1v) is 20.0. The smallest absolute Gasteiger partial charge is 0.341 e. The van der Waals surface area contributed by atoms with Gasteiger partial charge in [-0.2, -0.15) is 0 Å². The van der Waals surface area contributed by atoms with E-state index >= 15 is 0 Å². The molecule has 56 heavy (non-hydrogen) atoms. The molecule has 11 heteroatoms. The third kappa shape index (κ3) is 9.19. The summed E-state index contributed by atoms with van der Waals surface area (Å²) < 4.78 is 10.9. The van der Waals surface area contributed by atoms with Crippen molar-refractivity contribution in [2.45, 2.75) is 42.2 Å². The topological polar surface area (TPSA) is 127 Å². The van der Waals surface area contributed by atoms with Gasteiger partial charge in [-0.1, -0.05) is 84.9 Å². The molecule has 9 nitrogen and oxygen atoms in total. The third-order valence-corrected chi connectivity index (χ3v) is 11.7. The standard InChI is InChI=1S/C45H39N3O6S2/c1-2-53-45(52)39-36-24-23-32(29-14-6-3-7-15-29)26-38(36)56-44(39)48-43(51)40(30-16-8-4-9-17-30)55-35-22-12-20-33(27-35)46-42(50)37(28-34-21-13-25-54-34)47-41(49)31-18-10-5-11-19-31/h3-22,25,27-28,32,40H,2,23-24,26H2,1H3,(H,46,50)(H,47,49)(H,48,51)/b37-28-. The number of thioether (sulfide) groups is 1. The number of esters is 1. The highest BCUT2D eigenvalue weighted by Crippen LogP contribution is 2.44. The van der Waals surface area contributed by atoms with Crippen LogP contribution in [0.15, 0.2) is 149 Å². The Morgan fingerprint density at radius 1 is 0.875 bits per heavy atom. The molecule has 0 spiro atoms. The molecule has 2 heterocycles. The van der Waals surface area contributed by atoms with Gasteiger partial charge in [0.1, 0.15) is 21.7 Å². The van der Waals surface area contributed by atoms with Crippen LogP contribution in [0.2, 0.25) is 0 Å². The normalized spacial score (nSPS) is 14.2. The van der Waals surface area contributed by atoms with Crippen LogP contribution in [0.3, 0.4) is 0 Å². The average molecular weight is 782 g/mol. The van der Waals surface area contributed by atoms with Gasteiger partial charge in [0.25, 0.3) is 11.8 Å². The number of nitrogens with one attached hydrogen (secondary N) is 3. The zero-order chi connectivity index (χ0) is 38.9. The Morgan fingerprint density at radius 3 is 2.32 bits per heavy atom. The van der Waals surface area contributed by atoms with E-state index in [-0.39, 0.29) is 18.2 Å². The molecular weight excluding hydrogens is 743 g/mol. The lowest BCUT2D eigenvalue weighted by Crippen LogP contribution is -2.30. The van der Waals surface area contributed by atoms with Gasteiger partial charge in [-0.25, -0.2) is 4.79 Å². The number of carbonyl (C=O) groups is 4. The second-order valence-electron chi connectivity index (χ2n) is 13.1. The Bertz CT molecular complexity index is 2340. The zero-order valence-electron chi connectivity index (χ0n) is 30.5. The van der Waals surface area contributed by atoms with Gasteiger partial charge in [-0.3, -0.25) is 14.4 Å². The Balaban J connectivity index is 1.12. The fourth-order valence-electron chi connectivity index (χ4n) is 6.62. The van der Waals surface area contributed by atoms with Gasteiger partial charge in [0.15, 0.2) is 0 Å². The highest BCUT2D eigenvalue weighted by atomic mass is 32.2. The van der Waals surface area contributed by atoms with E-state index in [9.17, 15) is 19.2 Å². The molecule has 2 unspecified atom stereocenters. The van der Waals surface area contributed by atoms with Gasteiger partial charge in [0.05, 0.1) is 18.4 Å². The molecule has 7 rings (SSSR count). The summed E-state index contributed by atoms with van der Waals surface area (Å²) in [6.45, 7) is 1.99. The number of thiophene rings is 1. The van der Waals surface area contributed by atoms with Crippen LogP contribution in [0.25, 0.3) is 6.08 Å². The molecule has 282 valence electrons. The van der Waals surface area contributed by atoms with Crippen molar-refractivity contribution >= 4 is 63.6 Å².